The van der Waals surface area contributed by atoms with Crippen LogP contribution in [-0.4, -0.2) is 33.0 Å². The van der Waals surface area contributed by atoms with Crippen molar-refractivity contribution in [2.75, 3.05) is 13.6 Å². The Labute approximate surface area is 134 Å². The van der Waals surface area contributed by atoms with Gasteiger partial charge < -0.3 is 0 Å². The zero-order valence-electron chi connectivity index (χ0n) is 13.0. The predicted molar refractivity (Wildman–Crippen MR) is 90.7 cm³/mol. The van der Waals surface area contributed by atoms with Gasteiger partial charge in [-0.2, -0.15) is 0 Å². The van der Waals surface area contributed by atoms with Crippen LogP contribution in [0.25, 0.3) is 16.2 Å². The summed E-state index contributed by atoms with van der Waals surface area (Å²) in [5, 5.41) is 1.22. The lowest BCUT2D eigenvalue weighted by molar-refractivity contribution is 0.178. The smallest absolute Gasteiger partial charge is 0.165 e. The van der Waals surface area contributed by atoms with Crippen molar-refractivity contribution < 1.29 is 0 Å². The van der Waals surface area contributed by atoms with Gasteiger partial charge >= 0.3 is 0 Å². The fourth-order valence-corrected chi connectivity index (χ4v) is 4.19. The number of hydrogen-bond acceptors (Lipinski definition) is 4. The van der Waals surface area contributed by atoms with Crippen LogP contribution in [0.4, 0.5) is 0 Å². The fraction of sp³-hybridized carbons (Fsp3) is 0.412. The van der Waals surface area contributed by atoms with Gasteiger partial charge in [0.25, 0.3) is 0 Å². The first-order valence-electron chi connectivity index (χ1n) is 7.84. The normalized spacial score (nSPS) is 19.8. The third-order valence-electron chi connectivity index (χ3n) is 4.46. The summed E-state index contributed by atoms with van der Waals surface area (Å²) in [6.45, 7) is 3.29. The molecule has 0 bridgehead atoms. The van der Waals surface area contributed by atoms with Crippen LogP contribution in [0.3, 0.4) is 0 Å². The minimum Gasteiger partial charge on any atom is -0.297 e. The van der Waals surface area contributed by atoms with Crippen molar-refractivity contribution in [3.05, 3.63) is 41.2 Å². The van der Waals surface area contributed by atoms with Gasteiger partial charge in [-0.1, -0.05) is 6.42 Å². The minimum atomic E-state index is 0.380. The monoisotopic (exact) mass is 312 g/mol. The van der Waals surface area contributed by atoms with Crippen molar-refractivity contribution in [1.29, 1.82) is 0 Å². The Morgan fingerprint density at radius 3 is 2.91 bits per heavy atom. The first-order chi connectivity index (χ1) is 10.7. The second-order valence-electron chi connectivity index (χ2n) is 6.03. The number of fused-ring (bicyclic) bond motifs is 1. The number of nitrogens with zero attached hydrogens (tertiary/aromatic N) is 4. The Morgan fingerprint density at radius 2 is 2.14 bits per heavy atom. The van der Waals surface area contributed by atoms with Crippen molar-refractivity contribution in [3.63, 3.8) is 0 Å². The minimum absolute atomic E-state index is 0.380. The summed E-state index contributed by atoms with van der Waals surface area (Å²) in [7, 11) is 2.21. The highest BCUT2D eigenvalue weighted by atomic mass is 32.1. The molecule has 0 N–H and O–H groups in total. The molecule has 0 saturated carbocycles. The summed E-state index contributed by atoms with van der Waals surface area (Å²) in [5.74, 6) is 1.14. The molecule has 3 aromatic rings. The molecule has 5 heteroatoms. The standard InChI is InChI=1S/C17H20N4S/c1-12-8-9-15(22-12)21-16-13(6-5-10-18-16)19-17(21)14-7-3-4-11-20(14)2/h5-6,8-10,14H,3-4,7,11H2,1-2H3. The van der Waals surface area contributed by atoms with Gasteiger partial charge in [0.1, 0.15) is 16.3 Å². The maximum absolute atomic E-state index is 4.94. The molecule has 1 saturated heterocycles. The molecule has 114 valence electrons. The van der Waals surface area contributed by atoms with E-state index in [4.69, 9.17) is 4.98 Å². The molecule has 4 nitrogen and oxygen atoms in total. The van der Waals surface area contributed by atoms with E-state index in [-0.39, 0.29) is 0 Å². The number of thiophene rings is 1. The molecular weight excluding hydrogens is 292 g/mol. The van der Waals surface area contributed by atoms with Crippen LogP contribution < -0.4 is 0 Å². The number of imidazole rings is 1. The van der Waals surface area contributed by atoms with Gasteiger partial charge in [0.2, 0.25) is 0 Å². The lowest BCUT2D eigenvalue weighted by atomic mass is 10.0. The van der Waals surface area contributed by atoms with E-state index in [1.54, 1.807) is 11.3 Å². The molecule has 0 amide bonds. The first-order valence-corrected chi connectivity index (χ1v) is 8.66. The van der Waals surface area contributed by atoms with E-state index in [2.05, 4.69) is 46.6 Å². The average molecular weight is 312 g/mol. The molecule has 1 fully saturated rings. The molecule has 1 aliphatic rings. The van der Waals surface area contributed by atoms with Crippen molar-refractivity contribution in [2.45, 2.75) is 32.2 Å². The lowest BCUT2D eigenvalue weighted by Gasteiger charge is -2.32. The van der Waals surface area contributed by atoms with Crippen LogP contribution in [0.15, 0.2) is 30.5 Å². The average Bonchev–Trinajstić information content (AvgIpc) is 3.10. The summed E-state index contributed by atoms with van der Waals surface area (Å²) < 4.78 is 2.26. The highest BCUT2D eigenvalue weighted by Crippen LogP contribution is 2.34. The molecule has 1 unspecified atom stereocenters. The Kier molecular flexibility index (Phi) is 3.47. The Morgan fingerprint density at radius 1 is 1.23 bits per heavy atom. The molecule has 4 heterocycles. The second kappa shape index (κ2) is 5.48. The largest absolute Gasteiger partial charge is 0.297 e. The van der Waals surface area contributed by atoms with Gasteiger partial charge in [-0.3, -0.25) is 9.47 Å². The van der Waals surface area contributed by atoms with Gasteiger partial charge in [0.05, 0.1) is 6.04 Å². The van der Waals surface area contributed by atoms with Gasteiger partial charge in [-0.15, -0.1) is 11.3 Å². The molecule has 22 heavy (non-hydrogen) atoms. The van der Waals surface area contributed by atoms with E-state index < -0.39 is 0 Å². The van der Waals surface area contributed by atoms with Crippen LogP contribution in [0.1, 0.15) is 36.0 Å². The van der Waals surface area contributed by atoms with Gasteiger partial charge in [-0.05, 0) is 57.6 Å². The maximum Gasteiger partial charge on any atom is 0.165 e. The summed E-state index contributed by atoms with van der Waals surface area (Å²) in [6, 6.07) is 8.76. The number of pyridine rings is 1. The number of rotatable bonds is 2. The number of likely N-dealkylation sites (tertiary alicyclic amines) is 1. The third-order valence-corrected chi connectivity index (χ3v) is 5.44. The van der Waals surface area contributed by atoms with Crippen molar-refractivity contribution in [1.82, 2.24) is 19.4 Å². The van der Waals surface area contributed by atoms with Crippen LogP contribution in [0.2, 0.25) is 0 Å². The molecule has 0 aliphatic carbocycles. The Hall–Kier alpha value is -1.72. The molecule has 4 rings (SSSR count). The molecule has 1 atom stereocenters. The Bertz CT molecular complexity index is 804. The van der Waals surface area contributed by atoms with E-state index in [0.717, 1.165) is 23.5 Å². The van der Waals surface area contributed by atoms with Crippen LogP contribution >= 0.6 is 11.3 Å². The highest BCUT2D eigenvalue weighted by Gasteiger charge is 2.27. The molecule has 0 spiro atoms. The van der Waals surface area contributed by atoms with Crippen molar-refractivity contribution in [3.8, 4) is 5.00 Å². The third kappa shape index (κ3) is 2.25. The summed E-state index contributed by atoms with van der Waals surface area (Å²) >= 11 is 1.80. The number of hydrogen-bond donors (Lipinski definition) is 0. The van der Waals surface area contributed by atoms with E-state index in [1.807, 2.05) is 12.3 Å². The molecule has 3 aromatic heterocycles. The number of aromatic nitrogens is 3. The van der Waals surface area contributed by atoms with Crippen LogP contribution in [-0.2, 0) is 0 Å². The molecule has 1 aliphatic heterocycles. The summed E-state index contributed by atoms with van der Waals surface area (Å²) in [5.41, 5.74) is 1.96. The summed E-state index contributed by atoms with van der Waals surface area (Å²) in [6.07, 6.45) is 5.58. The van der Waals surface area contributed by atoms with Gasteiger partial charge in [0, 0.05) is 11.1 Å². The van der Waals surface area contributed by atoms with Gasteiger partial charge in [-0.25, -0.2) is 9.97 Å². The van der Waals surface area contributed by atoms with E-state index in [0.29, 0.717) is 6.04 Å². The van der Waals surface area contributed by atoms with Crippen LogP contribution in [0.5, 0.6) is 0 Å². The zero-order valence-corrected chi connectivity index (χ0v) is 13.8. The van der Waals surface area contributed by atoms with Crippen LogP contribution in [0, 0.1) is 6.92 Å². The number of piperidine rings is 1. The molecular formula is C17H20N4S. The van der Waals surface area contributed by atoms with E-state index in [9.17, 15) is 0 Å². The van der Waals surface area contributed by atoms with Crippen molar-refractivity contribution >= 4 is 22.5 Å². The quantitative estimate of drug-likeness (QED) is 0.718. The highest BCUT2D eigenvalue weighted by molar-refractivity contribution is 7.14. The van der Waals surface area contributed by atoms with Crippen molar-refractivity contribution in [2.24, 2.45) is 0 Å². The molecule has 0 radical (unpaired) electrons. The molecule has 0 aromatic carbocycles. The van der Waals surface area contributed by atoms with E-state index in [1.165, 1.54) is 29.1 Å². The number of aryl methyl sites for hydroxylation is 1. The fourth-order valence-electron chi connectivity index (χ4n) is 3.31. The topological polar surface area (TPSA) is 34.0 Å². The zero-order chi connectivity index (χ0) is 15.1. The Balaban J connectivity index is 1.93. The SMILES string of the molecule is Cc1ccc(-n2c(C3CCCCN3C)nc3cccnc32)s1. The van der Waals surface area contributed by atoms with Gasteiger partial charge in [0.15, 0.2) is 5.65 Å². The predicted octanol–water partition coefficient (Wildman–Crippen LogP) is 3.95. The first kappa shape index (κ1) is 13.9. The maximum atomic E-state index is 4.94. The summed E-state index contributed by atoms with van der Waals surface area (Å²) in [4.78, 5) is 13.3. The van der Waals surface area contributed by atoms with E-state index >= 15 is 0 Å². The lowest BCUT2D eigenvalue weighted by Crippen LogP contribution is -2.31. The second-order valence-corrected chi connectivity index (χ2v) is 7.29.